The van der Waals surface area contributed by atoms with Crippen molar-refractivity contribution in [1.29, 1.82) is 0 Å². The van der Waals surface area contributed by atoms with Crippen molar-refractivity contribution in [3.8, 4) is 5.75 Å². The zero-order chi connectivity index (χ0) is 23.0. The van der Waals surface area contributed by atoms with Crippen LogP contribution in [0.15, 0.2) is 53.5 Å². The maximum Gasteiger partial charge on any atom is 0.193 e. The number of hydrogen-bond acceptors (Lipinski definition) is 4. The maximum atomic E-state index is 5.29. The minimum atomic E-state index is 0.535. The zero-order valence-electron chi connectivity index (χ0n) is 20.5. The van der Waals surface area contributed by atoms with Crippen LogP contribution >= 0.6 is 0 Å². The fourth-order valence-electron chi connectivity index (χ4n) is 4.89. The molecule has 4 rings (SSSR count). The van der Waals surface area contributed by atoms with Crippen molar-refractivity contribution >= 4 is 5.96 Å². The van der Waals surface area contributed by atoms with E-state index in [1.54, 1.807) is 7.11 Å². The number of nitrogens with one attached hydrogen (secondary N) is 1. The summed E-state index contributed by atoms with van der Waals surface area (Å²) in [6.07, 6.45) is 2.40. The second kappa shape index (κ2) is 11.5. The number of nitrogens with zero attached hydrogens (tertiary/aromatic N) is 4. The highest BCUT2D eigenvalue weighted by Gasteiger charge is 2.26. The monoisotopic (exact) mass is 449 g/mol. The molecule has 6 nitrogen and oxygen atoms in total. The van der Waals surface area contributed by atoms with Crippen molar-refractivity contribution in [2.24, 2.45) is 4.99 Å². The summed E-state index contributed by atoms with van der Waals surface area (Å²) in [5, 5.41) is 3.57. The van der Waals surface area contributed by atoms with Gasteiger partial charge in [0.2, 0.25) is 0 Å². The Morgan fingerprint density at radius 1 is 0.970 bits per heavy atom. The van der Waals surface area contributed by atoms with Gasteiger partial charge in [0.25, 0.3) is 0 Å². The SMILES string of the molecule is CN=C(NCc1ccc(CN2CCCN(C)CC2)cc1)N1CCC(c2ccc(OC)cc2)C1. The van der Waals surface area contributed by atoms with Crippen LogP contribution < -0.4 is 10.1 Å². The van der Waals surface area contributed by atoms with E-state index in [-0.39, 0.29) is 0 Å². The molecule has 0 aliphatic carbocycles. The molecule has 0 radical (unpaired) electrons. The lowest BCUT2D eigenvalue weighted by Gasteiger charge is -2.22. The summed E-state index contributed by atoms with van der Waals surface area (Å²) in [5.41, 5.74) is 4.07. The van der Waals surface area contributed by atoms with Gasteiger partial charge in [-0.3, -0.25) is 9.89 Å². The molecule has 1 unspecified atom stereocenters. The van der Waals surface area contributed by atoms with Crippen molar-refractivity contribution < 1.29 is 4.74 Å². The Hall–Kier alpha value is -2.57. The molecule has 2 aliphatic rings. The second-order valence-corrected chi connectivity index (χ2v) is 9.36. The number of benzene rings is 2. The highest BCUT2D eigenvalue weighted by molar-refractivity contribution is 5.80. The molecule has 0 aromatic heterocycles. The second-order valence-electron chi connectivity index (χ2n) is 9.36. The van der Waals surface area contributed by atoms with Crippen LogP contribution in [0.1, 0.15) is 35.4 Å². The van der Waals surface area contributed by atoms with Gasteiger partial charge in [0, 0.05) is 52.2 Å². The highest BCUT2D eigenvalue weighted by atomic mass is 16.5. The Labute approximate surface area is 199 Å². The minimum absolute atomic E-state index is 0.535. The van der Waals surface area contributed by atoms with Gasteiger partial charge >= 0.3 is 0 Å². The molecule has 2 aromatic carbocycles. The van der Waals surface area contributed by atoms with Gasteiger partial charge in [0.15, 0.2) is 5.96 Å². The van der Waals surface area contributed by atoms with Gasteiger partial charge in [0.1, 0.15) is 5.75 Å². The van der Waals surface area contributed by atoms with Crippen molar-refractivity contribution in [2.45, 2.75) is 31.8 Å². The summed E-state index contributed by atoms with van der Waals surface area (Å²) >= 11 is 0. The molecule has 0 bridgehead atoms. The molecule has 1 atom stereocenters. The average molecular weight is 450 g/mol. The molecule has 6 heteroatoms. The number of ether oxygens (including phenoxy) is 1. The highest BCUT2D eigenvalue weighted by Crippen LogP contribution is 2.28. The molecule has 2 aromatic rings. The maximum absolute atomic E-state index is 5.29. The van der Waals surface area contributed by atoms with Gasteiger partial charge < -0.3 is 19.9 Å². The first-order valence-electron chi connectivity index (χ1n) is 12.2. The van der Waals surface area contributed by atoms with Crippen LogP contribution in [0, 0.1) is 0 Å². The van der Waals surface area contributed by atoms with Gasteiger partial charge in [-0.15, -0.1) is 0 Å². The molecule has 2 fully saturated rings. The summed E-state index contributed by atoms with van der Waals surface area (Å²) in [6, 6.07) is 17.6. The van der Waals surface area contributed by atoms with Gasteiger partial charge in [-0.25, -0.2) is 0 Å². The van der Waals surface area contributed by atoms with Crippen molar-refractivity contribution in [3.05, 3.63) is 65.2 Å². The molecule has 0 saturated carbocycles. The molecule has 0 spiro atoms. The Balaban J connectivity index is 1.26. The van der Waals surface area contributed by atoms with Crippen LogP contribution in [0.3, 0.4) is 0 Å². The van der Waals surface area contributed by atoms with E-state index in [1.807, 2.05) is 7.05 Å². The summed E-state index contributed by atoms with van der Waals surface area (Å²) in [7, 11) is 5.81. The van der Waals surface area contributed by atoms with E-state index in [2.05, 4.69) is 80.6 Å². The van der Waals surface area contributed by atoms with Crippen LogP contribution in [-0.2, 0) is 13.1 Å². The Bertz CT molecular complexity index is 896. The van der Waals surface area contributed by atoms with E-state index in [0.717, 1.165) is 57.4 Å². The standard InChI is InChI=1S/C27H39N5O/c1-28-27(32-16-13-25(21-32)24-9-11-26(33-3)12-10-24)29-19-22-5-7-23(8-6-22)20-31-15-4-14-30(2)17-18-31/h5-12,25H,4,13-21H2,1-3H3,(H,28,29). The van der Waals surface area contributed by atoms with Crippen molar-refractivity contribution in [1.82, 2.24) is 20.0 Å². The lowest BCUT2D eigenvalue weighted by Crippen LogP contribution is -2.39. The number of rotatable bonds is 6. The van der Waals surface area contributed by atoms with Crippen LogP contribution in [-0.4, -0.2) is 81.1 Å². The van der Waals surface area contributed by atoms with Crippen LogP contribution in [0.25, 0.3) is 0 Å². The summed E-state index contributed by atoms with van der Waals surface area (Å²) in [4.78, 5) is 11.9. The van der Waals surface area contributed by atoms with E-state index < -0.39 is 0 Å². The third kappa shape index (κ3) is 6.49. The number of methoxy groups -OCH3 is 1. The van der Waals surface area contributed by atoms with Crippen molar-refractivity contribution in [3.63, 3.8) is 0 Å². The summed E-state index contributed by atoms with van der Waals surface area (Å²) in [5.74, 6) is 2.44. The van der Waals surface area contributed by atoms with Crippen molar-refractivity contribution in [2.75, 3.05) is 60.5 Å². The molecule has 1 N–H and O–H groups in total. The van der Waals surface area contributed by atoms with Crippen LogP contribution in [0.4, 0.5) is 0 Å². The van der Waals surface area contributed by atoms with Gasteiger partial charge in [-0.1, -0.05) is 36.4 Å². The zero-order valence-corrected chi connectivity index (χ0v) is 20.5. The lowest BCUT2D eigenvalue weighted by atomic mass is 9.98. The quantitative estimate of drug-likeness (QED) is 0.541. The molecule has 33 heavy (non-hydrogen) atoms. The third-order valence-electron chi connectivity index (χ3n) is 6.98. The fraction of sp³-hybridized carbons (Fsp3) is 0.519. The normalized spacial score (nSPS) is 20.6. The largest absolute Gasteiger partial charge is 0.497 e. The predicted octanol–water partition coefficient (Wildman–Crippen LogP) is 3.40. The third-order valence-corrected chi connectivity index (χ3v) is 6.98. The molecule has 0 amide bonds. The van der Waals surface area contributed by atoms with Crippen LogP contribution in [0.5, 0.6) is 5.75 Å². The Kier molecular flexibility index (Phi) is 8.24. The minimum Gasteiger partial charge on any atom is -0.497 e. The van der Waals surface area contributed by atoms with E-state index in [1.165, 1.54) is 36.2 Å². The van der Waals surface area contributed by atoms with Crippen LogP contribution in [0.2, 0.25) is 0 Å². The Morgan fingerprint density at radius 3 is 2.45 bits per heavy atom. The molecule has 2 aliphatic heterocycles. The number of hydrogen-bond donors (Lipinski definition) is 1. The number of aliphatic imine (C=N–C) groups is 1. The summed E-state index contributed by atoms with van der Waals surface area (Å²) < 4.78 is 5.29. The molecular weight excluding hydrogens is 410 g/mol. The number of likely N-dealkylation sites (tertiary alicyclic amines) is 1. The number of guanidine groups is 1. The topological polar surface area (TPSA) is 43.3 Å². The Morgan fingerprint density at radius 2 is 1.73 bits per heavy atom. The summed E-state index contributed by atoms with van der Waals surface area (Å²) in [6.45, 7) is 8.59. The molecular formula is C27H39N5O. The van der Waals surface area contributed by atoms with Gasteiger partial charge in [-0.2, -0.15) is 0 Å². The smallest absolute Gasteiger partial charge is 0.193 e. The van der Waals surface area contributed by atoms with E-state index in [0.29, 0.717) is 5.92 Å². The van der Waals surface area contributed by atoms with Gasteiger partial charge in [-0.05, 0) is 61.8 Å². The number of likely N-dealkylation sites (N-methyl/N-ethyl adjacent to an activating group) is 1. The van der Waals surface area contributed by atoms with Gasteiger partial charge in [0.05, 0.1) is 7.11 Å². The van der Waals surface area contributed by atoms with E-state index in [9.17, 15) is 0 Å². The molecule has 178 valence electrons. The first kappa shape index (κ1) is 23.6. The fourth-order valence-corrected chi connectivity index (χ4v) is 4.89. The first-order chi connectivity index (χ1) is 16.1. The molecule has 2 heterocycles. The first-order valence-corrected chi connectivity index (χ1v) is 12.2. The predicted molar refractivity (Wildman–Crippen MR) is 136 cm³/mol. The molecule has 2 saturated heterocycles. The van der Waals surface area contributed by atoms with E-state index in [4.69, 9.17) is 4.74 Å². The van der Waals surface area contributed by atoms with E-state index >= 15 is 0 Å². The lowest BCUT2D eigenvalue weighted by molar-refractivity contribution is 0.269. The average Bonchev–Trinajstić information content (AvgIpc) is 3.25.